The minimum absolute atomic E-state index is 0.0349. The van der Waals surface area contributed by atoms with Crippen molar-refractivity contribution in [3.8, 4) is 11.3 Å². The van der Waals surface area contributed by atoms with E-state index in [4.69, 9.17) is 0 Å². The summed E-state index contributed by atoms with van der Waals surface area (Å²) in [7, 11) is 0. The van der Waals surface area contributed by atoms with Crippen molar-refractivity contribution in [3.05, 3.63) is 35.5 Å². The number of halogens is 1. The zero-order chi connectivity index (χ0) is 13.4. The molecule has 1 fully saturated rings. The molecule has 0 spiro atoms. The zero-order valence-corrected chi connectivity index (χ0v) is 11.2. The highest BCUT2D eigenvalue weighted by atomic mass is 32.1. The molecule has 1 saturated carbocycles. The predicted octanol–water partition coefficient (Wildman–Crippen LogP) is 3.54. The molecule has 5 heteroatoms. The Labute approximate surface area is 114 Å². The molecule has 3 nitrogen and oxygen atoms in total. The van der Waals surface area contributed by atoms with Crippen LogP contribution in [0, 0.1) is 17.7 Å². The van der Waals surface area contributed by atoms with Gasteiger partial charge in [0.15, 0.2) is 5.13 Å². The lowest BCUT2D eigenvalue weighted by Gasteiger charge is -1.99. The quantitative estimate of drug-likeness (QED) is 0.931. The van der Waals surface area contributed by atoms with Gasteiger partial charge in [-0.2, -0.15) is 0 Å². The summed E-state index contributed by atoms with van der Waals surface area (Å²) in [6.07, 6.45) is 0.952. The SMILES string of the molecule is CC1CC1C(=O)Nc1nc(-c2cccc(F)c2)cs1. The molecule has 0 saturated heterocycles. The third kappa shape index (κ3) is 2.66. The van der Waals surface area contributed by atoms with E-state index in [1.54, 1.807) is 12.1 Å². The van der Waals surface area contributed by atoms with Crippen LogP contribution in [0.4, 0.5) is 9.52 Å². The van der Waals surface area contributed by atoms with Crippen LogP contribution in [-0.4, -0.2) is 10.9 Å². The number of thiazole rings is 1. The van der Waals surface area contributed by atoms with Crippen LogP contribution in [0.5, 0.6) is 0 Å². The van der Waals surface area contributed by atoms with Crippen LogP contribution >= 0.6 is 11.3 Å². The molecular formula is C14H13FN2OS. The standard InChI is InChI=1S/C14H13FN2OS/c1-8-5-11(8)13(18)17-14-16-12(7-19-14)9-3-2-4-10(15)6-9/h2-4,6-8,11H,5H2,1H3,(H,16,17,18). The van der Waals surface area contributed by atoms with Gasteiger partial charge in [-0.05, 0) is 24.5 Å². The molecule has 0 radical (unpaired) electrons. The van der Waals surface area contributed by atoms with Crippen molar-refractivity contribution in [1.82, 2.24) is 4.98 Å². The summed E-state index contributed by atoms with van der Waals surface area (Å²) in [5.74, 6) is 0.347. The van der Waals surface area contributed by atoms with E-state index in [9.17, 15) is 9.18 Å². The van der Waals surface area contributed by atoms with Crippen LogP contribution in [0.2, 0.25) is 0 Å². The molecule has 1 aromatic heterocycles. The minimum Gasteiger partial charge on any atom is -0.302 e. The van der Waals surface area contributed by atoms with Crippen molar-refractivity contribution in [1.29, 1.82) is 0 Å². The van der Waals surface area contributed by atoms with E-state index in [-0.39, 0.29) is 17.6 Å². The minimum atomic E-state index is -0.289. The maximum Gasteiger partial charge on any atom is 0.229 e. The number of anilines is 1. The summed E-state index contributed by atoms with van der Waals surface area (Å²) in [5, 5.41) is 5.21. The van der Waals surface area contributed by atoms with E-state index in [1.807, 2.05) is 5.38 Å². The summed E-state index contributed by atoms with van der Waals surface area (Å²) in [6, 6.07) is 6.28. The third-order valence-corrected chi connectivity index (χ3v) is 4.06. The summed E-state index contributed by atoms with van der Waals surface area (Å²) in [6.45, 7) is 2.06. The number of carbonyl (C=O) groups excluding carboxylic acids is 1. The monoisotopic (exact) mass is 276 g/mol. The molecular weight excluding hydrogens is 263 g/mol. The number of amides is 1. The number of rotatable bonds is 3. The molecule has 1 N–H and O–H groups in total. The lowest BCUT2D eigenvalue weighted by Crippen LogP contribution is -2.14. The molecule has 0 bridgehead atoms. The highest BCUT2D eigenvalue weighted by Crippen LogP contribution is 2.38. The highest BCUT2D eigenvalue weighted by Gasteiger charge is 2.39. The number of aromatic nitrogens is 1. The lowest BCUT2D eigenvalue weighted by molar-refractivity contribution is -0.117. The highest BCUT2D eigenvalue weighted by molar-refractivity contribution is 7.14. The van der Waals surface area contributed by atoms with Gasteiger partial charge in [0, 0.05) is 16.9 Å². The van der Waals surface area contributed by atoms with Gasteiger partial charge in [0.1, 0.15) is 5.82 Å². The molecule has 1 aromatic carbocycles. The van der Waals surface area contributed by atoms with Gasteiger partial charge < -0.3 is 5.32 Å². The summed E-state index contributed by atoms with van der Waals surface area (Å²) in [4.78, 5) is 16.1. The molecule has 98 valence electrons. The second-order valence-electron chi connectivity index (χ2n) is 4.86. The molecule has 1 aliphatic carbocycles. The molecule has 1 amide bonds. The van der Waals surface area contributed by atoms with Crippen LogP contribution in [0.1, 0.15) is 13.3 Å². The topological polar surface area (TPSA) is 42.0 Å². The molecule has 2 unspecified atom stereocenters. The van der Waals surface area contributed by atoms with E-state index in [0.717, 1.165) is 12.0 Å². The Kier molecular flexibility index (Phi) is 3.06. The second-order valence-corrected chi connectivity index (χ2v) is 5.72. The molecule has 3 rings (SSSR count). The van der Waals surface area contributed by atoms with Gasteiger partial charge in [-0.15, -0.1) is 11.3 Å². The molecule has 1 aliphatic rings. The number of carbonyl (C=O) groups is 1. The first-order chi connectivity index (χ1) is 9.13. The van der Waals surface area contributed by atoms with Crippen molar-refractivity contribution in [2.75, 3.05) is 5.32 Å². The summed E-state index contributed by atoms with van der Waals surface area (Å²) < 4.78 is 13.1. The molecule has 19 heavy (non-hydrogen) atoms. The van der Waals surface area contributed by atoms with Crippen LogP contribution in [0.25, 0.3) is 11.3 Å². The maximum absolute atomic E-state index is 13.1. The molecule has 2 aromatic rings. The van der Waals surface area contributed by atoms with Gasteiger partial charge in [0.2, 0.25) is 5.91 Å². The molecule has 2 atom stereocenters. The van der Waals surface area contributed by atoms with Crippen LogP contribution in [0.15, 0.2) is 29.6 Å². The van der Waals surface area contributed by atoms with E-state index in [2.05, 4.69) is 17.2 Å². The van der Waals surface area contributed by atoms with Crippen molar-refractivity contribution in [2.45, 2.75) is 13.3 Å². The Bertz CT molecular complexity index is 625. The number of hydrogen-bond donors (Lipinski definition) is 1. The average Bonchev–Trinajstić information content (AvgIpc) is 2.94. The van der Waals surface area contributed by atoms with Crippen molar-refractivity contribution < 1.29 is 9.18 Å². The molecule has 1 heterocycles. The van der Waals surface area contributed by atoms with Crippen molar-refractivity contribution in [3.63, 3.8) is 0 Å². The van der Waals surface area contributed by atoms with E-state index < -0.39 is 0 Å². The Balaban J connectivity index is 1.74. The smallest absolute Gasteiger partial charge is 0.229 e. The first-order valence-corrected chi connectivity index (χ1v) is 7.04. The summed E-state index contributed by atoms with van der Waals surface area (Å²) in [5.41, 5.74) is 1.40. The first kappa shape index (κ1) is 12.3. The normalized spacial score (nSPS) is 21.2. The fourth-order valence-electron chi connectivity index (χ4n) is 2.00. The zero-order valence-electron chi connectivity index (χ0n) is 10.4. The Morgan fingerprint density at radius 1 is 1.53 bits per heavy atom. The fraction of sp³-hybridized carbons (Fsp3) is 0.286. The Hall–Kier alpha value is -1.75. The average molecular weight is 276 g/mol. The van der Waals surface area contributed by atoms with Crippen LogP contribution in [0.3, 0.4) is 0 Å². The maximum atomic E-state index is 13.1. The predicted molar refractivity (Wildman–Crippen MR) is 73.4 cm³/mol. The molecule has 0 aliphatic heterocycles. The van der Waals surface area contributed by atoms with Gasteiger partial charge in [0.05, 0.1) is 5.69 Å². The van der Waals surface area contributed by atoms with Gasteiger partial charge in [-0.3, -0.25) is 4.79 Å². The van der Waals surface area contributed by atoms with Gasteiger partial charge in [-0.1, -0.05) is 19.1 Å². The summed E-state index contributed by atoms with van der Waals surface area (Å²) >= 11 is 1.36. The van der Waals surface area contributed by atoms with Gasteiger partial charge >= 0.3 is 0 Å². The van der Waals surface area contributed by atoms with E-state index in [1.165, 1.54) is 23.5 Å². The Morgan fingerprint density at radius 2 is 2.32 bits per heavy atom. The van der Waals surface area contributed by atoms with Gasteiger partial charge in [-0.25, -0.2) is 9.37 Å². The van der Waals surface area contributed by atoms with Crippen LogP contribution in [-0.2, 0) is 4.79 Å². The van der Waals surface area contributed by atoms with Crippen LogP contribution < -0.4 is 5.32 Å². The van der Waals surface area contributed by atoms with Crippen molar-refractivity contribution in [2.24, 2.45) is 11.8 Å². The number of nitrogens with zero attached hydrogens (tertiary/aromatic N) is 1. The fourth-order valence-corrected chi connectivity index (χ4v) is 2.72. The Morgan fingerprint density at radius 3 is 3.00 bits per heavy atom. The van der Waals surface area contributed by atoms with Gasteiger partial charge in [0.25, 0.3) is 0 Å². The van der Waals surface area contributed by atoms with Crippen molar-refractivity contribution >= 4 is 22.4 Å². The first-order valence-electron chi connectivity index (χ1n) is 6.16. The second kappa shape index (κ2) is 4.74. The largest absolute Gasteiger partial charge is 0.302 e. The lowest BCUT2D eigenvalue weighted by atomic mass is 10.2. The number of nitrogens with one attached hydrogen (secondary N) is 1. The van der Waals surface area contributed by atoms with E-state index in [0.29, 0.717) is 16.7 Å². The van der Waals surface area contributed by atoms with E-state index >= 15 is 0 Å². The third-order valence-electron chi connectivity index (χ3n) is 3.30. The number of benzene rings is 1. The number of hydrogen-bond acceptors (Lipinski definition) is 3.